The van der Waals surface area contributed by atoms with Crippen LogP contribution in [0.25, 0.3) is 0 Å². The fraction of sp³-hybridized carbons (Fsp3) is 0.300. The van der Waals surface area contributed by atoms with Crippen LogP contribution in [0.15, 0.2) is 30.3 Å². The molecule has 3 rings (SSSR count). The molecule has 0 saturated heterocycles. The van der Waals surface area contributed by atoms with Crippen LogP contribution in [0.5, 0.6) is 5.75 Å². The average Bonchev–Trinajstić information content (AvgIpc) is 2.64. The fourth-order valence-electron chi connectivity index (χ4n) is 3.38. The first-order valence-electron chi connectivity index (χ1n) is 8.50. The van der Waals surface area contributed by atoms with Gasteiger partial charge in [-0.1, -0.05) is 6.07 Å². The second kappa shape index (κ2) is 7.75. The van der Waals surface area contributed by atoms with Crippen molar-refractivity contribution < 1.29 is 23.5 Å². The Kier molecular flexibility index (Phi) is 5.41. The third kappa shape index (κ3) is 3.78. The second-order valence-electron chi connectivity index (χ2n) is 6.37. The zero-order valence-corrected chi connectivity index (χ0v) is 15.4. The van der Waals surface area contributed by atoms with Crippen molar-refractivity contribution in [3.63, 3.8) is 0 Å². The Hall–Kier alpha value is -2.93. The summed E-state index contributed by atoms with van der Waals surface area (Å²) in [5, 5.41) is 5.63. The summed E-state index contributed by atoms with van der Waals surface area (Å²) in [6, 6.07) is 7.89. The number of halogens is 1. The molecule has 142 valence electrons. The molecular formula is C20H21FN2O4. The monoisotopic (exact) mass is 372 g/mol. The van der Waals surface area contributed by atoms with Gasteiger partial charge in [0.25, 0.3) is 0 Å². The molecule has 2 aromatic rings. The number of carbonyl (C=O) groups is 2. The van der Waals surface area contributed by atoms with Gasteiger partial charge in [0, 0.05) is 36.4 Å². The van der Waals surface area contributed by atoms with Crippen LogP contribution in [0, 0.1) is 12.7 Å². The number of hydrogen-bond donors (Lipinski definition) is 2. The molecule has 0 saturated carbocycles. The summed E-state index contributed by atoms with van der Waals surface area (Å²) in [4.78, 5) is 24.2. The van der Waals surface area contributed by atoms with Crippen LogP contribution < -0.4 is 15.4 Å². The summed E-state index contributed by atoms with van der Waals surface area (Å²) >= 11 is 0. The first kappa shape index (κ1) is 18.8. The van der Waals surface area contributed by atoms with Crippen molar-refractivity contribution in [3.8, 4) is 5.75 Å². The smallest absolute Gasteiger partial charge is 0.250 e. The lowest BCUT2D eigenvalue weighted by atomic mass is 9.83. The van der Waals surface area contributed by atoms with Crippen molar-refractivity contribution in [2.24, 2.45) is 0 Å². The summed E-state index contributed by atoms with van der Waals surface area (Å²) in [6.45, 7) is 1.75. The van der Waals surface area contributed by atoms with E-state index in [1.54, 1.807) is 12.1 Å². The van der Waals surface area contributed by atoms with Crippen molar-refractivity contribution in [1.82, 2.24) is 0 Å². The van der Waals surface area contributed by atoms with Crippen LogP contribution in [0.4, 0.5) is 15.8 Å². The van der Waals surface area contributed by atoms with Crippen LogP contribution in [0.2, 0.25) is 0 Å². The molecule has 7 heteroatoms. The van der Waals surface area contributed by atoms with Crippen molar-refractivity contribution in [2.45, 2.75) is 19.3 Å². The first-order chi connectivity index (χ1) is 12.9. The predicted molar refractivity (Wildman–Crippen MR) is 99.7 cm³/mol. The maximum absolute atomic E-state index is 13.9. The molecule has 0 radical (unpaired) electrons. The number of amides is 2. The van der Waals surface area contributed by atoms with Gasteiger partial charge in [-0.2, -0.15) is 0 Å². The van der Waals surface area contributed by atoms with E-state index in [1.165, 1.54) is 26.4 Å². The van der Waals surface area contributed by atoms with Gasteiger partial charge in [-0.25, -0.2) is 4.39 Å². The normalized spacial score (nSPS) is 15.7. The number of nitrogens with one attached hydrogen (secondary N) is 2. The summed E-state index contributed by atoms with van der Waals surface area (Å²) < 4.78 is 24.0. The van der Waals surface area contributed by atoms with Gasteiger partial charge in [0.1, 0.15) is 18.2 Å². The highest BCUT2D eigenvalue weighted by Gasteiger charge is 2.30. The van der Waals surface area contributed by atoms with Crippen molar-refractivity contribution in [1.29, 1.82) is 0 Å². The lowest BCUT2D eigenvalue weighted by Crippen LogP contribution is -2.25. The Bertz CT molecular complexity index is 898. The zero-order valence-electron chi connectivity index (χ0n) is 15.4. The van der Waals surface area contributed by atoms with E-state index in [0.717, 1.165) is 11.1 Å². The summed E-state index contributed by atoms with van der Waals surface area (Å²) in [5.41, 5.74) is 3.40. The quantitative estimate of drug-likeness (QED) is 0.845. The minimum atomic E-state index is -0.390. The minimum Gasteiger partial charge on any atom is -0.496 e. The highest BCUT2D eigenvalue weighted by Crippen LogP contribution is 2.43. The molecule has 0 aliphatic carbocycles. The van der Waals surface area contributed by atoms with Gasteiger partial charge < -0.3 is 20.1 Å². The second-order valence-corrected chi connectivity index (χ2v) is 6.37. The van der Waals surface area contributed by atoms with Crippen LogP contribution in [0.3, 0.4) is 0 Å². The molecule has 2 N–H and O–H groups in total. The first-order valence-corrected chi connectivity index (χ1v) is 8.50. The Morgan fingerprint density at radius 1 is 1.26 bits per heavy atom. The van der Waals surface area contributed by atoms with Crippen LogP contribution in [0.1, 0.15) is 29.0 Å². The molecule has 1 atom stereocenters. The predicted octanol–water partition coefficient (Wildman–Crippen LogP) is 3.20. The molecule has 2 amide bonds. The topological polar surface area (TPSA) is 76.7 Å². The summed E-state index contributed by atoms with van der Waals surface area (Å²) in [7, 11) is 2.96. The number of carbonyl (C=O) groups excluding carboxylic acids is 2. The van der Waals surface area contributed by atoms with Crippen molar-refractivity contribution in [2.75, 3.05) is 31.5 Å². The van der Waals surface area contributed by atoms with Gasteiger partial charge >= 0.3 is 0 Å². The van der Waals surface area contributed by atoms with E-state index in [0.29, 0.717) is 22.7 Å². The molecule has 1 aliphatic heterocycles. The van der Waals surface area contributed by atoms with Crippen LogP contribution in [-0.4, -0.2) is 32.6 Å². The lowest BCUT2D eigenvalue weighted by Gasteiger charge is -2.29. The lowest BCUT2D eigenvalue weighted by molar-refractivity contribution is -0.119. The Labute approximate surface area is 156 Å². The molecule has 1 unspecified atom stereocenters. The molecule has 6 nitrogen and oxygen atoms in total. The summed E-state index contributed by atoms with van der Waals surface area (Å²) in [6.07, 6.45) is 0.182. The van der Waals surface area contributed by atoms with Crippen LogP contribution in [-0.2, 0) is 14.3 Å². The van der Waals surface area contributed by atoms with E-state index in [2.05, 4.69) is 10.6 Å². The maximum Gasteiger partial charge on any atom is 0.250 e. The molecule has 1 heterocycles. The van der Waals surface area contributed by atoms with Crippen LogP contribution >= 0.6 is 0 Å². The average molecular weight is 372 g/mol. The highest BCUT2D eigenvalue weighted by molar-refractivity contribution is 5.99. The van der Waals surface area contributed by atoms with E-state index in [9.17, 15) is 14.0 Å². The molecular weight excluding hydrogens is 351 g/mol. The van der Waals surface area contributed by atoms with Gasteiger partial charge in [-0.05, 0) is 42.3 Å². The fourth-order valence-corrected chi connectivity index (χ4v) is 3.38. The third-order valence-corrected chi connectivity index (χ3v) is 4.64. The Morgan fingerprint density at radius 3 is 2.74 bits per heavy atom. The van der Waals surface area contributed by atoms with Crippen molar-refractivity contribution in [3.05, 3.63) is 52.8 Å². The molecule has 1 aliphatic rings. The van der Waals surface area contributed by atoms with E-state index < -0.39 is 5.82 Å². The van der Waals surface area contributed by atoms with Gasteiger partial charge in [0.05, 0.1) is 7.11 Å². The maximum atomic E-state index is 13.9. The molecule has 0 spiro atoms. The van der Waals surface area contributed by atoms with E-state index in [1.807, 2.05) is 13.0 Å². The summed E-state index contributed by atoms with van der Waals surface area (Å²) in [5.74, 6) is -0.675. The minimum absolute atomic E-state index is 0.0635. The number of rotatable bonds is 5. The number of benzene rings is 2. The number of hydrogen-bond acceptors (Lipinski definition) is 4. The van der Waals surface area contributed by atoms with Gasteiger partial charge in [0.2, 0.25) is 11.8 Å². The van der Waals surface area contributed by atoms with Gasteiger partial charge in [-0.3, -0.25) is 9.59 Å². The number of fused-ring (bicyclic) bond motifs is 1. The standard InChI is InChI=1S/C20H21FN2O4/c1-11-16(22-19(25)10-26-2)6-5-13-14(9-18(24)23-20(11)13)15-8-12(21)4-7-17(15)27-3/h4-8,14H,9-10H2,1-3H3,(H,22,25)(H,23,24). The molecule has 2 aromatic carbocycles. The van der Waals surface area contributed by atoms with Gasteiger partial charge in [-0.15, -0.1) is 0 Å². The highest BCUT2D eigenvalue weighted by atomic mass is 19.1. The van der Waals surface area contributed by atoms with Crippen molar-refractivity contribution >= 4 is 23.2 Å². The number of anilines is 2. The molecule has 27 heavy (non-hydrogen) atoms. The Balaban J connectivity index is 2.06. The van der Waals surface area contributed by atoms with Gasteiger partial charge in [0.15, 0.2) is 0 Å². The Morgan fingerprint density at radius 2 is 2.04 bits per heavy atom. The largest absolute Gasteiger partial charge is 0.496 e. The molecule has 0 fully saturated rings. The SMILES string of the molecule is COCC(=O)Nc1ccc2c(c1C)NC(=O)CC2c1cc(F)ccc1OC. The third-order valence-electron chi connectivity index (χ3n) is 4.64. The van der Waals surface area contributed by atoms with E-state index in [4.69, 9.17) is 9.47 Å². The zero-order chi connectivity index (χ0) is 19.6. The van der Waals surface area contributed by atoms with E-state index >= 15 is 0 Å². The molecule has 0 aromatic heterocycles. The molecule has 0 bridgehead atoms. The van der Waals surface area contributed by atoms with E-state index in [-0.39, 0.29) is 30.8 Å². The number of methoxy groups -OCH3 is 2. The number of ether oxygens (including phenoxy) is 2.